The number of hydrogen-bond acceptors (Lipinski definition) is 5. The van der Waals surface area contributed by atoms with Gasteiger partial charge in [-0.05, 0) is 34.7 Å². The topological polar surface area (TPSA) is 94.6 Å². The summed E-state index contributed by atoms with van der Waals surface area (Å²) in [6, 6.07) is 1.43. The van der Waals surface area contributed by atoms with Crippen LogP contribution >= 0.6 is 15.9 Å². The molecule has 1 aromatic rings. The van der Waals surface area contributed by atoms with Crippen molar-refractivity contribution in [3.05, 3.63) is 16.5 Å². The zero-order valence-corrected chi connectivity index (χ0v) is 12.8. The van der Waals surface area contributed by atoms with Gasteiger partial charge in [0.05, 0.1) is 13.2 Å². The van der Waals surface area contributed by atoms with Crippen LogP contribution in [-0.2, 0) is 21.3 Å². The highest BCUT2D eigenvalue weighted by molar-refractivity contribution is 9.10. The number of furan rings is 1. The minimum atomic E-state index is -3.58. The van der Waals surface area contributed by atoms with Gasteiger partial charge in [0.15, 0.2) is 4.67 Å². The van der Waals surface area contributed by atoms with E-state index in [1.807, 2.05) is 0 Å². The predicted octanol–water partition coefficient (Wildman–Crippen LogP) is 1.21. The number of rotatable bonds is 5. The molecular formula is C11H17BrN2O4S. The summed E-state index contributed by atoms with van der Waals surface area (Å²) in [5.41, 5.74) is 5.42. The molecule has 1 fully saturated rings. The molecule has 3 N–H and O–H groups in total. The Bertz CT molecular complexity index is 523. The molecule has 1 aliphatic rings. The van der Waals surface area contributed by atoms with Crippen LogP contribution in [-0.4, -0.2) is 28.2 Å². The summed E-state index contributed by atoms with van der Waals surface area (Å²) in [6.07, 6.45) is 1.95. The fraction of sp³-hybridized carbons (Fsp3) is 0.636. The van der Waals surface area contributed by atoms with E-state index in [1.165, 1.54) is 6.07 Å². The molecule has 0 amide bonds. The summed E-state index contributed by atoms with van der Waals surface area (Å²) in [7, 11) is -3.58. The van der Waals surface area contributed by atoms with Crippen LogP contribution in [0.4, 0.5) is 0 Å². The summed E-state index contributed by atoms with van der Waals surface area (Å²) in [5.74, 6) is 0.649. The van der Waals surface area contributed by atoms with Crippen molar-refractivity contribution in [3.8, 4) is 0 Å². The molecule has 1 aliphatic heterocycles. The second-order valence-electron chi connectivity index (χ2n) is 4.49. The second kappa shape index (κ2) is 6.36. The van der Waals surface area contributed by atoms with E-state index in [9.17, 15) is 8.42 Å². The Morgan fingerprint density at radius 3 is 2.89 bits per heavy atom. The van der Waals surface area contributed by atoms with E-state index in [1.54, 1.807) is 0 Å². The number of halogens is 1. The summed E-state index contributed by atoms with van der Waals surface area (Å²) < 4.78 is 37.6. The van der Waals surface area contributed by atoms with E-state index in [4.69, 9.17) is 14.9 Å². The number of hydrogen-bond donors (Lipinski definition) is 2. The van der Waals surface area contributed by atoms with Gasteiger partial charge in [-0.1, -0.05) is 0 Å². The Morgan fingerprint density at radius 1 is 1.53 bits per heavy atom. The lowest BCUT2D eigenvalue weighted by Crippen LogP contribution is -2.33. The minimum absolute atomic E-state index is 0.0877. The van der Waals surface area contributed by atoms with Crippen LogP contribution < -0.4 is 10.5 Å². The van der Waals surface area contributed by atoms with Gasteiger partial charge < -0.3 is 14.9 Å². The van der Waals surface area contributed by atoms with Crippen LogP contribution in [0.2, 0.25) is 0 Å². The number of nitrogens with one attached hydrogen (secondary N) is 1. The van der Waals surface area contributed by atoms with Crippen molar-refractivity contribution in [1.82, 2.24) is 4.72 Å². The molecule has 2 heterocycles. The van der Waals surface area contributed by atoms with Crippen LogP contribution in [0.15, 0.2) is 20.0 Å². The lowest BCUT2D eigenvalue weighted by atomic mass is 10.0. The van der Waals surface area contributed by atoms with Gasteiger partial charge in [0.25, 0.3) is 0 Å². The van der Waals surface area contributed by atoms with Crippen molar-refractivity contribution in [2.75, 3.05) is 19.8 Å². The third kappa shape index (κ3) is 3.79. The number of ether oxygens (including phenoxy) is 1. The van der Waals surface area contributed by atoms with Crippen molar-refractivity contribution in [2.45, 2.75) is 24.3 Å². The molecule has 0 saturated carbocycles. The molecule has 1 unspecified atom stereocenters. The molecule has 0 aromatic carbocycles. The molecule has 1 atom stereocenters. The maximum Gasteiger partial charge on any atom is 0.244 e. The van der Waals surface area contributed by atoms with Gasteiger partial charge >= 0.3 is 0 Å². The SMILES string of the molecule is NCc1cc(S(=O)(=O)NCC2CCCOC2)c(Br)o1. The summed E-state index contributed by atoms with van der Waals surface area (Å²) in [5, 5.41) is 0. The molecule has 0 spiro atoms. The fourth-order valence-corrected chi connectivity index (χ4v) is 4.07. The highest BCUT2D eigenvalue weighted by Gasteiger charge is 2.24. The predicted molar refractivity (Wildman–Crippen MR) is 73.0 cm³/mol. The molecule has 0 radical (unpaired) electrons. The van der Waals surface area contributed by atoms with Gasteiger partial charge in [-0.3, -0.25) is 0 Å². The zero-order valence-electron chi connectivity index (χ0n) is 10.4. The fourth-order valence-electron chi connectivity index (χ4n) is 1.96. The third-order valence-electron chi connectivity index (χ3n) is 3.01. The van der Waals surface area contributed by atoms with Gasteiger partial charge in [-0.25, -0.2) is 13.1 Å². The van der Waals surface area contributed by atoms with E-state index >= 15 is 0 Å². The summed E-state index contributed by atoms with van der Waals surface area (Å²) in [4.78, 5) is 0.0877. The second-order valence-corrected chi connectivity index (χ2v) is 6.95. The monoisotopic (exact) mass is 352 g/mol. The zero-order chi connectivity index (χ0) is 13.9. The molecule has 1 aromatic heterocycles. The highest BCUT2D eigenvalue weighted by atomic mass is 79.9. The Morgan fingerprint density at radius 2 is 2.32 bits per heavy atom. The maximum absolute atomic E-state index is 12.1. The smallest absolute Gasteiger partial charge is 0.244 e. The molecule has 2 rings (SSSR count). The Balaban J connectivity index is 2.02. The van der Waals surface area contributed by atoms with E-state index in [-0.39, 0.29) is 22.0 Å². The van der Waals surface area contributed by atoms with Crippen LogP contribution in [0.5, 0.6) is 0 Å². The van der Waals surface area contributed by atoms with Gasteiger partial charge in [0.2, 0.25) is 10.0 Å². The largest absolute Gasteiger partial charge is 0.452 e. The lowest BCUT2D eigenvalue weighted by Gasteiger charge is -2.21. The molecule has 8 heteroatoms. The number of sulfonamides is 1. The van der Waals surface area contributed by atoms with Crippen molar-refractivity contribution in [3.63, 3.8) is 0 Å². The van der Waals surface area contributed by atoms with Gasteiger partial charge in [-0.15, -0.1) is 0 Å². The number of nitrogens with two attached hydrogens (primary N) is 1. The normalized spacial score (nSPS) is 20.6. The molecule has 1 saturated heterocycles. The molecule has 19 heavy (non-hydrogen) atoms. The average molecular weight is 353 g/mol. The van der Waals surface area contributed by atoms with Crippen molar-refractivity contribution < 1.29 is 17.6 Å². The summed E-state index contributed by atoms with van der Waals surface area (Å²) in [6.45, 7) is 1.89. The Kier molecular flexibility index (Phi) is 5.02. The third-order valence-corrected chi connectivity index (χ3v) is 5.29. The molecule has 108 valence electrons. The van der Waals surface area contributed by atoms with Gasteiger partial charge in [-0.2, -0.15) is 0 Å². The first-order valence-electron chi connectivity index (χ1n) is 6.08. The van der Waals surface area contributed by atoms with Crippen LogP contribution in [0, 0.1) is 5.92 Å². The van der Waals surface area contributed by atoms with E-state index < -0.39 is 10.0 Å². The minimum Gasteiger partial charge on any atom is -0.452 e. The van der Waals surface area contributed by atoms with Gasteiger partial charge in [0, 0.05) is 19.2 Å². The van der Waals surface area contributed by atoms with Crippen molar-refractivity contribution in [1.29, 1.82) is 0 Å². The average Bonchev–Trinajstić information content (AvgIpc) is 2.80. The molecule has 0 aliphatic carbocycles. The van der Waals surface area contributed by atoms with E-state index in [0.717, 1.165) is 19.4 Å². The summed E-state index contributed by atoms with van der Waals surface area (Å²) >= 11 is 3.09. The quantitative estimate of drug-likeness (QED) is 0.830. The van der Waals surface area contributed by atoms with Crippen molar-refractivity contribution >= 4 is 26.0 Å². The lowest BCUT2D eigenvalue weighted by molar-refractivity contribution is 0.0568. The first kappa shape index (κ1) is 15.0. The first-order chi connectivity index (χ1) is 9.03. The molecular weight excluding hydrogens is 336 g/mol. The molecule has 0 bridgehead atoms. The van der Waals surface area contributed by atoms with Crippen LogP contribution in [0.3, 0.4) is 0 Å². The van der Waals surface area contributed by atoms with E-state index in [0.29, 0.717) is 18.9 Å². The molecule has 6 nitrogen and oxygen atoms in total. The Labute approximate surface area is 120 Å². The van der Waals surface area contributed by atoms with Crippen LogP contribution in [0.25, 0.3) is 0 Å². The van der Waals surface area contributed by atoms with E-state index in [2.05, 4.69) is 20.7 Å². The van der Waals surface area contributed by atoms with Crippen LogP contribution in [0.1, 0.15) is 18.6 Å². The first-order valence-corrected chi connectivity index (χ1v) is 8.36. The van der Waals surface area contributed by atoms with Crippen molar-refractivity contribution in [2.24, 2.45) is 11.7 Å². The maximum atomic E-state index is 12.1. The van der Waals surface area contributed by atoms with Gasteiger partial charge in [0.1, 0.15) is 10.7 Å². The standard InChI is InChI=1S/C11H17BrN2O4S/c12-11-10(4-9(5-13)18-11)19(15,16)14-6-8-2-1-3-17-7-8/h4,8,14H,1-3,5-7,13H2. The highest BCUT2D eigenvalue weighted by Crippen LogP contribution is 2.26. The Hall–Kier alpha value is -0.410.